The molecule has 0 aromatic carbocycles. The average Bonchev–Trinajstić information content (AvgIpc) is 3.04. The van der Waals surface area contributed by atoms with Crippen LogP contribution in [0, 0.1) is 5.92 Å². The molecule has 1 aliphatic rings. The largest absolute Gasteiger partial charge is 0.391 e. The van der Waals surface area contributed by atoms with Crippen LogP contribution in [-0.2, 0) is 9.59 Å². The molecule has 0 aliphatic carbocycles. The van der Waals surface area contributed by atoms with Crippen molar-refractivity contribution in [3.05, 3.63) is 12.3 Å². The van der Waals surface area contributed by atoms with Gasteiger partial charge in [0.1, 0.15) is 11.9 Å². The molecule has 0 saturated carbocycles. The van der Waals surface area contributed by atoms with Crippen molar-refractivity contribution in [1.82, 2.24) is 14.7 Å². The summed E-state index contributed by atoms with van der Waals surface area (Å²) < 4.78 is 1.79. The molecule has 0 bridgehead atoms. The molecule has 2 amide bonds. The predicted octanol–water partition coefficient (Wildman–Crippen LogP) is 1.41. The molecule has 2 heterocycles. The molecule has 1 aliphatic heterocycles. The molecular formula is C16H26N4O3. The van der Waals surface area contributed by atoms with Gasteiger partial charge in [0.05, 0.1) is 18.3 Å². The van der Waals surface area contributed by atoms with Crippen molar-refractivity contribution >= 4 is 17.6 Å². The number of anilines is 1. The third-order valence-corrected chi connectivity index (χ3v) is 4.14. The molecule has 23 heavy (non-hydrogen) atoms. The highest BCUT2D eigenvalue weighted by Crippen LogP contribution is 2.23. The van der Waals surface area contributed by atoms with Gasteiger partial charge in [0.2, 0.25) is 11.8 Å². The van der Waals surface area contributed by atoms with Gasteiger partial charge in [-0.2, -0.15) is 5.10 Å². The number of nitrogens with one attached hydrogen (secondary N) is 1. The lowest BCUT2D eigenvalue weighted by Crippen LogP contribution is -2.42. The smallest absolute Gasteiger partial charge is 0.248 e. The van der Waals surface area contributed by atoms with Crippen LogP contribution in [0.3, 0.4) is 0 Å². The fraction of sp³-hybridized carbons (Fsp3) is 0.688. The third-order valence-electron chi connectivity index (χ3n) is 4.14. The van der Waals surface area contributed by atoms with E-state index in [0.717, 1.165) is 6.42 Å². The predicted molar refractivity (Wildman–Crippen MR) is 86.8 cm³/mol. The number of carbonyl (C=O) groups is 2. The normalized spacial score (nSPS) is 22.4. The first-order valence-corrected chi connectivity index (χ1v) is 8.09. The number of hydrogen-bond donors (Lipinski definition) is 2. The second-order valence-corrected chi connectivity index (χ2v) is 6.71. The Bertz CT molecular complexity index is 569. The average molecular weight is 322 g/mol. The van der Waals surface area contributed by atoms with Gasteiger partial charge in [-0.1, -0.05) is 13.8 Å². The van der Waals surface area contributed by atoms with Crippen LogP contribution in [0.1, 0.15) is 46.6 Å². The summed E-state index contributed by atoms with van der Waals surface area (Å²) in [6.07, 6.45) is 2.21. The summed E-state index contributed by atoms with van der Waals surface area (Å²) in [6, 6.07) is 1.28. The van der Waals surface area contributed by atoms with Gasteiger partial charge in [0.25, 0.3) is 0 Å². The number of amides is 2. The zero-order valence-corrected chi connectivity index (χ0v) is 14.2. The van der Waals surface area contributed by atoms with E-state index in [1.54, 1.807) is 16.9 Å². The Hall–Kier alpha value is -1.89. The van der Waals surface area contributed by atoms with Gasteiger partial charge in [0, 0.05) is 26.0 Å². The van der Waals surface area contributed by atoms with Crippen LogP contribution in [-0.4, -0.2) is 50.3 Å². The van der Waals surface area contributed by atoms with Gasteiger partial charge in [-0.3, -0.25) is 9.59 Å². The van der Waals surface area contributed by atoms with Crippen molar-refractivity contribution in [3.63, 3.8) is 0 Å². The molecular weight excluding hydrogens is 296 g/mol. The van der Waals surface area contributed by atoms with Crippen molar-refractivity contribution < 1.29 is 14.7 Å². The third kappa shape index (κ3) is 4.10. The summed E-state index contributed by atoms with van der Waals surface area (Å²) in [4.78, 5) is 25.6. The van der Waals surface area contributed by atoms with E-state index in [0.29, 0.717) is 11.7 Å². The van der Waals surface area contributed by atoms with Crippen LogP contribution < -0.4 is 5.32 Å². The van der Waals surface area contributed by atoms with Crippen molar-refractivity contribution in [1.29, 1.82) is 0 Å². The van der Waals surface area contributed by atoms with Crippen molar-refractivity contribution in [3.8, 4) is 0 Å². The monoisotopic (exact) mass is 322 g/mol. The summed E-state index contributed by atoms with van der Waals surface area (Å²) in [5.41, 5.74) is 0. The van der Waals surface area contributed by atoms with Gasteiger partial charge < -0.3 is 15.3 Å². The second-order valence-electron chi connectivity index (χ2n) is 6.71. The number of aliphatic hydroxyl groups is 1. The van der Waals surface area contributed by atoms with Crippen LogP contribution in [0.25, 0.3) is 0 Å². The van der Waals surface area contributed by atoms with E-state index in [2.05, 4.69) is 31.2 Å². The summed E-state index contributed by atoms with van der Waals surface area (Å²) >= 11 is 0. The minimum atomic E-state index is -0.653. The highest BCUT2D eigenvalue weighted by molar-refractivity contribution is 5.96. The van der Waals surface area contributed by atoms with E-state index in [1.807, 2.05) is 0 Å². The number of rotatable bonds is 5. The van der Waals surface area contributed by atoms with Gasteiger partial charge in [-0.15, -0.1) is 0 Å². The van der Waals surface area contributed by atoms with E-state index < -0.39 is 12.1 Å². The van der Waals surface area contributed by atoms with Gasteiger partial charge in [-0.25, -0.2) is 4.68 Å². The molecule has 1 aromatic heterocycles. The van der Waals surface area contributed by atoms with E-state index in [-0.39, 0.29) is 30.8 Å². The van der Waals surface area contributed by atoms with Crippen LogP contribution in [0.5, 0.6) is 0 Å². The zero-order valence-electron chi connectivity index (χ0n) is 14.2. The maximum absolute atomic E-state index is 12.5. The highest BCUT2D eigenvalue weighted by Gasteiger charge is 2.37. The lowest BCUT2D eigenvalue weighted by atomic mass is 10.1. The number of aliphatic hydroxyl groups excluding tert-OH is 1. The Morgan fingerprint density at radius 3 is 2.74 bits per heavy atom. The van der Waals surface area contributed by atoms with E-state index in [4.69, 9.17) is 0 Å². The fourth-order valence-electron chi connectivity index (χ4n) is 3.17. The van der Waals surface area contributed by atoms with Gasteiger partial charge >= 0.3 is 0 Å². The summed E-state index contributed by atoms with van der Waals surface area (Å²) in [5, 5.41) is 16.9. The molecule has 7 heteroatoms. The number of aromatic nitrogens is 2. The maximum Gasteiger partial charge on any atom is 0.248 e. The summed E-state index contributed by atoms with van der Waals surface area (Å²) in [6.45, 7) is 7.96. The molecule has 128 valence electrons. The Labute approximate surface area is 136 Å². The molecule has 7 nitrogen and oxygen atoms in total. The first-order chi connectivity index (χ1) is 10.8. The Morgan fingerprint density at radius 2 is 2.13 bits per heavy atom. The second kappa shape index (κ2) is 7.12. The van der Waals surface area contributed by atoms with E-state index in [9.17, 15) is 14.7 Å². The fourth-order valence-corrected chi connectivity index (χ4v) is 3.17. The number of nitrogens with zero attached hydrogens (tertiary/aromatic N) is 3. The molecule has 1 unspecified atom stereocenters. The molecule has 1 fully saturated rings. The van der Waals surface area contributed by atoms with Crippen LogP contribution in [0.15, 0.2) is 12.3 Å². The minimum Gasteiger partial charge on any atom is -0.391 e. The lowest BCUT2D eigenvalue weighted by Gasteiger charge is -2.23. The first kappa shape index (κ1) is 17.5. The molecule has 1 saturated heterocycles. The first-order valence-electron chi connectivity index (χ1n) is 8.09. The van der Waals surface area contributed by atoms with Crippen LogP contribution >= 0.6 is 0 Å². The van der Waals surface area contributed by atoms with Crippen molar-refractivity contribution in [2.45, 2.75) is 58.7 Å². The minimum absolute atomic E-state index is 0.165. The SMILES string of the molecule is CC(=O)N1C[C@H](O)C[C@@H]1C(=O)Nc1ccnn1C(C)CC(C)C. The van der Waals surface area contributed by atoms with E-state index in [1.165, 1.54) is 11.8 Å². The van der Waals surface area contributed by atoms with Gasteiger partial charge in [-0.05, 0) is 19.3 Å². The number of hydrogen-bond acceptors (Lipinski definition) is 4. The molecule has 3 atom stereocenters. The highest BCUT2D eigenvalue weighted by atomic mass is 16.3. The molecule has 1 aromatic rings. The van der Waals surface area contributed by atoms with Crippen molar-refractivity contribution in [2.75, 3.05) is 11.9 Å². The topological polar surface area (TPSA) is 87.5 Å². The Morgan fingerprint density at radius 1 is 1.43 bits per heavy atom. The lowest BCUT2D eigenvalue weighted by molar-refractivity contribution is -0.134. The number of likely N-dealkylation sites (tertiary alicyclic amines) is 1. The van der Waals surface area contributed by atoms with Gasteiger partial charge in [0.15, 0.2) is 0 Å². The van der Waals surface area contributed by atoms with Crippen LogP contribution in [0.4, 0.5) is 5.82 Å². The van der Waals surface area contributed by atoms with Crippen LogP contribution in [0.2, 0.25) is 0 Å². The zero-order chi connectivity index (χ0) is 17.1. The molecule has 0 radical (unpaired) electrons. The molecule has 0 spiro atoms. The standard InChI is InChI=1S/C16H26N4O3/c1-10(2)7-11(3)20-15(5-6-17-20)18-16(23)14-8-13(22)9-19(14)12(4)21/h5-6,10-11,13-14,22H,7-9H2,1-4H3,(H,18,23)/t11?,13-,14-/m1/s1. The number of carbonyl (C=O) groups excluding carboxylic acids is 2. The molecule has 2 rings (SSSR count). The summed E-state index contributed by atoms with van der Waals surface area (Å²) in [5.74, 6) is 0.655. The maximum atomic E-state index is 12.5. The summed E-state index contributed by atoms with van der Waals surface area (Å²) in [7, 11) is 0. The Kier molecular flexibility index (Phi) is 5.41. The quantitative estimate of drug-likeness (QED) is 0.858. The Balaban J connectivity index is 2.09. The van der Waals surface area contributed by atoms with Crippen molar-refractivity contribution in [2.24, 2.45) is 5.92 Å². The van der Waals surface area contributed by atoms with E-state index >= 15 is 0 Å². The molecule has 2 N–H and O–H groups in total. The number of β-amino-alcohol motifs (C(OH)–C–C–N with tert-alkyl or cyclic N) is 1.